The summed E-state index contributed by atoms with van der Waals surface area (Å²) in [4.78, 5) is 0. The van der Waals surface area contributed by atoms with Gasteiger partial charge in [0.25, 0.3) is 0 Å². The zero-order valence-corrected chi connectivity index (χ0v) is 11.0. The second-order valence-corrected chi connectivity index (χ2v) is 4.33. The van der Waals surface area contributed by atoms with E-state index in [0.717, 1.165) is 23.1 Å². The van der Waals surface area contributed by atoms with Crippen LogP contribution in [0.25, 0.3) is 0 Å². The van der Waals surface area contributed by atoms with E-state index in [1.54, 1.807) is 6.07 Å². The molecule has 0 atom stereocenters. The first-order valence-corrected chi connectivity index (χ1v) is 6.19. The van der Waals surface area contributed by atoms with Crippen LogP contribution in [0.5, 0.6) is 0 Å². The molecule has 2 N–H and O–H groups in total. The van der Waals surface area contributed by atoms with Crippen molar-refractivity contribution in [1.82, 2.24) is 0 Å². The van der Waals surface area contributed by atoms with Crippen molar-refractivity contribution in [3.05, 3.63) is 28.2 Å². The molecule has 0 saturated heterocycles. The van der Waals surface area contributed by atoms with Crippen molar-refractivity contribution in [2.75, 3.05) is 31.7 Å². The van der Waals surface area contributed by atoms with Crippen LogP contribution >= 0.6 is 15.9 Å². The Morgan fingerprint density at radius 3 is 2.94 bits per heavy atom. The highest BCUT2D eigenvalue weighted by molar-refractivity contribution is 9.10. The van der Waals surface area contributed by atoms with Crippen LogP contribution in [0.2, 0.25) is 0 Å². The van der Waals surface area contributed by atoms with Gasteiger partial charge in [-0.1, -0.05) is 15.9 Å². The lowest BCUT2D eigenvalue weighted by Crippen LogP contribution is -2.08. The number of halogens is 1. The van der Waals surface area contributed by atoms with Crippen molar-refractivity contribution in [3.8, 4) is 6.07 Å². The average molecular weight is 299 g/mol. The second kappa shape index (κ2) is 8.07. The smallest absolute Gasteiger partial charge is 0.101 e. The minimum absolute atomic E-state index is 0.0532. The molecule has 0 aliphatic heterocycles. The molecular weight excluding hydrogens is 284 g/mol. The van der Waals surface area contributed by atoms with Crippen LogP contribution in [0, 0.1) is 11.3 Å². The van der Waals surface area contributed by atoms with Gasteiger partial charge >= 0.3 is 0 Å². The summed E-state index contributed by atoms with van der Waals surface area (Å²) in [6.45, 7) is 1.76. The lowest BCUT2D eigenvalue weighted by atomic mass is 10.2. The number of hydrogen-bond acceptors (Lipinski definition) is 4. The van der Waals surface area contributed by atoms with Gasteiger partial charge in [-0.25, -0.2) is 0 Å². The van der Waals surface area contributed by atoms with E-state index in [2.05, 4.69) is 27.3 Å². The van der Waals surface area contributed by atoms with E-state index in [1.165, 1.54) is 0 Å². The van der Waals surface area contributed by atoms with Crippen molar-refractivity contribution >= 4 is 21.6 Å². The summed E-state index contributed by atoms with van der Waals surface area (Å²) >= 11 is 3.37. The third-order valence-corrected chi connectivity index (χ3v) is 2.61. The Hall–Kier alpha value is -1.09. The fraction of sp³-hybridized carbons (Fsp3) is 0.417. The molecule has 0 unspecified atom stereocenters. The van der Waals surface area contributed by atoms with Gasteiger partial charge in [0.15, 0.2) is 0 Å². The molecule has 92 valence electrons. The topological polar surface area (TPSA) is 65.3 Å². The third kappa shape index (κ3) is 5.18. The van der Waals surface area contributed by atoms with Crippen LogP contribution in [0.1, 0.15) is 12.0 Å². The van der Waals surface area contributed by atoms with E-state index >= 15 is 0 Å². The second-order valence-electron chi connectivity index (χ2n) is 3.42. The Balaban J connectivity index is 2.36. The van der Waals surface area contributed by atoms with Gasteiger partial charge in [0, 0.05) is 17.6 Å². The van der Waals surface area contributed by atoms with Crippen molar-refractivity contribution in [2.24, 2.45) is 0 Å². The minimum Gasteiger partial charge on any atom is -0.394 e. The van der Waals surface area contributed by atoms with Gasteiger partial charge < -0.3 is 15.2 Å². The van der Waals surface area contributed by atoms with Crippen molar-refractivity contribution in [3.63, 3.8) is 0 Å². The van der Waals surface area contributed by atoms with Crippen molar-refractivity contribution < 1.29 is 9.84 Å². The maximum absolute atomic E-state index is 8.92. The molecule has 4 nitrogen and oxygen atoms in total. The molecule has 5 heteroatoms. The molecule has 1 aromatic carbocycles. The van der Waals surface area contributed by atoms with E-state index in [4.69, 9.17) is 15.1 Å². The number of rotatable bonds is 7. The van der Waals surface area contributed by atoms with Crippen LogP contribution < -0.4 is 5.32 Å². The highest BCUT2D eigenvalue weighted by Crippen LogP contribution is 2.20. The van der Waals surface area contributed by atoms with Crippen molar-refractivity contribution in [1.29, 1.82) is 5.26 Å². The number of nitrogens with one attached hydrogen (secondary N) is 1. The zero-order chi connectivity index (χ0) is 12.5. The summed E-state index contributed by atoms with van der Waals surface area (Å²) in [5.74, 6) is 0. The predicted molar refractivity (Wildman–Crippen MR) is 69.9 cm³/mol. The Morgan fingerprint density at radius 2 is 2.24 bits per heavy atom. The first-order chi connectivity index (χ1) is 8.27. The summed E-state index contributed by atoms with van der Waals surface area (Å²) in [5.41, 5.74) is 1.45. The van der Waals surface area contributed by atoms with Crippen LogP contribution in [0.4, 0.5) is 5.69 Å². The number of aliphatic hydroxyl groups excluding tert-OH is 1. The molecular formula is C12H15BrN2O2. The lowest BCUT2D eigenvalue weighted by molar-refractivity contribution is 0.0922. The number of nitrogens with zero attached hydrogens (tertiary/aromatic N) is 1. The minimum atomic E-state index is 0.0532. The summed E-state index contributed by atoms with van der Waals surface area (Å²) < 4.78 is 6.08. The predicted octanol–water partition coefficient (Wildman–Crippen LogP) is 2.13. The number of aliphatic hydroxyl groups is 1. The number of anilines is 1. The molecule has 1 aromatic rings. The molecule has 0 aromatic heterocycles. The van der Waals surface area contributed by atoms with Gasteiger partial charge in [-0.2, -0.15) is 5.26 Å². The summed E-state index contributed by atoms with van der Waals surface area (Å²) in [5, 5.41) is 20.6. The lowest BCUT2D eigenvalue weighted by Gasteiger charge is -2.08. The van der Waals surface area contributed by atoms with E-state index in [-0.39, 0.29) is 6.61 Å². The zero-order valence-electron chi connectivity index (χ0n) is 9.45. The Labute approximate surface area is 109 Å². The molecule has 0 fully saturated rings. The summed E-state index contributed by atoms with van der Waals surface area (Å²) in [6.07, 6.45) is 0.831. The molecule has 0 bridgehead atoms. The van der Waals surface area contributed by atoms with Gasteiger partial charge in [-0.15, -0.1) is 0 Å². The number of benzene rings is 1. The Bertz CT molecular complexity index is 391. The summed E-state index contributed by atoms with van der Waals surface area (Å²) in [7, 11) is 0. The molecule has 0 aliphatic rings. The number of hydrogen-bond donors (Lipinski definition) is 2. The normalized spacial score (nSPS) is 9.94. The monoisotopic (exact) mass is 298 g/mol. The largest absolute Gasteiger partial charge is 0.394 e. The third-order valence-electron chi connectivity index (χ3n) is 2.12. The fourth-order valence-electron chi connectivity index (χ4n) is 1.32. The molecule has 0 radical (unpaired) electrons. The van der Waals surface area contributed by atoms with Crippen LogP contribution in [-0.2, 0) is 4.74 Å². The van der Waals surface area contributed by atoms with Crippen LogP contribution in [-0.4, -0.2) is 31.5 Å². The van der Waals surface area contributed by atoms with E-state index in [0.29, 0.717) is 18.8 Å². The fourth-order valence-corrected chi connectivity index (χ4v) is 1.69. The Morgan fingerprint density at radius 1 is 1.41 bits per heavy atom. The van der Waals surface area contributed by atoms with Gasteiger partial charge in [0.1, 0.15) is 6.07 Å². The molecule has 0 amide bonds. The standard InChI is InChI=1S/C12H15BrN2O2/c13-11-3-2-10(9-14)12(8-11)15-4-1-6-17-7-5-16/h2-3,8,15-16H,1,4-7H2. The van der Waals surface area contributed by atoms with Gasteiger partial charge in [-0.3, -0.25) is 0 Å². The number of nitriles is 1. The van der Waals surface area contributed by atoms with E-state index in [1.807, 2.05) is 12.1 Å². The summed E-state index contributed by atoms with van der Waals surface area (Å²) in [6, 6.07) is 7.63. The maximum Gasteiger partial charge on any atom is 0.101 e. The molecule has 0 spiro atoms. The van der Waals surface area contributed by atoms with Crippen molar-refractivity contribution in [2.45, 2.75) is 6.42 Å². The molecule has 0 saturated carbocycles. The van der Waals surface area contributed by atoms with E-state index in [9.17, 15) is 0 Å². The van der Waals surface area contributed by atoms with Gasteiger partial charge in [0.2, 0.25) is 0 Å². The average Bonchev–Trinajstić information content (AvgIpc) is 2.34. The van der Waals surface area contributed by atoms with Gasteiger partial charge in [-0.05, 0) is 24.6 Å². The Kier molecular flexibility index (Phi) is 6.63. The maximum atomic E-state index is 8.92. The van der Waals surface area contributed by atoms with E-state index < -0.39 is 0 Å². The molecule has 0 heterocycles. The molecule has 17 heavy (non-hydrogen) atoms. The molecule has 1 rings (SSSR count). The quantitative estimate of drug-likeness (QED) is 0.757. The van der Waals surface area contributed by atoms with Gasteiger partial charge in [0.05, 0.1) is 24.5 Å². The first kappa shape index (κ1) is 14.0. The SMILES string of the molecule is N#Cc1ccc(Br)cc1NCCCOCCO. The highest BCUT2D eigenvalue weighted by atomic mass is 79.9. The number of ether oxygens (including phenoxy) is 1. The molecule has 0 aliphatic carbocycles. The van der Waals surface area contributed by atoms with Crippen LogP contribution in [0.3, 0.4) is 0 Å². The first-order valence-electron chi connectivity index (χ1n) is 5.40. The highest BCUT2D eigenvalue weighted by Gasteiger charge is 2.01. The van der Waals surface area contributed by atoms with Crippen LogP contribution in [0.15, 0.2) is 22.7 Å².